The van der Waals surface area contributed by atoms with E-state index in [9.17, 15) is 9.59 Å². The first-order valence-electron chi connectivity index (χ1n) is 7.15. The van der Waals surface area contributed by atoms with Gasteiger partial charge < -0.3 is 14.2 Å². The molecule has 0 atom stereocenters. The number of ether oxygens (including phenoxy) is 3. The summed E-state index contributed by atoms with van der Waals surface area (Å²) in [5, 5.41) is 0. The molecule has 1 spiro atoms. The fourth-order valence-electron chi connectivity index (χ4n) is 2.85. The second kappa shape index (κ2) is 6.28. The first-order chi connectivity index (χ1) is 10.9. The van der Waals surface area contributed by atoms with Gasteiger partial charge in [-0.2, -0.15) is 0 Å². The number of methoxy groups -OCH3 is 1. The Morgan fingerprint density at radius 2 is 1.74 bits per heavy atom. The third-order valence-corrected chi connectivity index (χ3v) is 4.95. The van der Waals surface area contributed by atoms with Gasteiger partial charge in [-0.25, -0.2) is 9.59 Å². The Kier molecular flexibility index (Phi) is 4.51. The average molecular weight is 446 g/mol. The predicted octanol–water partition coefficient (Wildman–Crippen LogP) is 3.97. The summed E-state index contributed by atoms with van der Waals surface area (Å²) in [5.41, 5.74) is 0.436. The number of benzene rings is 1. The molecule has 1 aliphatic heterocycles. The molecular formula is C16H14Br2O5. The molecule has 1 aromatic rings. The molecule has 0 bridgehead atoms. The number of esters is 2. The highest BCUT2D eigenvalue weighted by molar-refractivity contribution is 9.11. The summed E-state index contributed by atoms with van der Waals surface area (Å²) in [6.07, 6.45) is 4.31. The van der Waals surface area contributed by atoms with Crippen LogP contribution in [0.15, 0.2) is 26.7 Å². The van der Waals surface area contributed by atoms with Gasteiger partial charge in [0.1, 0.15) is 11.3 Å². The summed E-state index contributed by atoms with van der Waals surface area (Å²) in [6, 6.07) is 3.56. The van der Waals surface area contributed by atoms with Gasteiger partial charge >= 0.3 is 11.9 Å². The fraction of sp³-hybridized carbons (Fsp3) is 0.375. The lowest BCUT2D eigenvalue weighted by Crippen LogP contribution is -2.44. The molecule has 2 fully saturated rings. The van der Waals surface area contributed by atoms with Crippen molar-refractivity contribution < 1.29 is 23.8 Å². The maximum atomic E-state index is 12.3. The third kappa shape index (κ3) is 3.17. The molecule has 23 heavy (non-hydrogen) atoms. The van der Waals surface area contributed by atoms with E-state index in [1.54, 1.807) is 6.07 Å². The van der Waals surface area contributed by atoms with Gasteiger partial charge in [0.05, 0.1) is 11.6 Å². The molecule has 0 unspecified atom stereocenters. The molecule has 0 N–H and O–H groups in total. The van der Waals surface area contributed by atoms with Crippen LogP contribution in [0, 0.1) is 0 Å². The summed E-state index contributed by atoms with van der Waals surface area (Å²) >= 11 is 6.76. The van der Waals surface area contributed by atoms with Gasteiger partial charge in [0.2, 0.25) is 0 Å². The molecule has 1 aromatic carbocycles. The molecular weight excluding hydrogens is 432 g/mol. The highest BCUT2D eigenvalue weighted by Gasteiger charge is 2.47. The van der Waals surface area contributed by atoms with Crippen LogP contribution in [0.2, 0.25) is 0 Å². The van der Waals surface area contributed by atoms with Crippen LogP contribution < -0.4 is 4.74 Å². The first kappa shape index (κ1) is 16.5. The number of carbonyl (C=O) groups is 2. The van der Waals surface area contributed by atoms with Crippen LogP contribution in [-0.2, 0) is 19.1 Å². The van der Waals surface area contributed by atoms with Crippen LogP contribution in [0.3, 0.4) is 0 Å². The van der Waals surface area contributed by atoms with Crippen molar-refractivity contribution in [3.63, 3.8) is 0 Å². The zero-order chi connectivity index (χ0) is 16.6. The molecule has 5 nitrogen and oxygen atoms in total. The minimum atomic E-state index is -1.06. The van der Waals surface area contributed by atoms with Crippen LogP contribution in [0.1, 0.15) is 31.2 Å². The van der Waals surface area contributed by atoms with Gasteiger partial charge in [-0.15, -0.1) is 0 Å². The zero-order valence-electron chi connectivity index (χ0n) is 12.4. The average Bonchev–Trinajstić information content (AvgIpc) is 2.90. The van der Waals surface area contributed by atoms with Gasteiger partial charge in [0.25, 0.3) is 5.79 Å². The van der Waals surface area contributed by atoms with E-state index >= 15 is 0 Å². The highest BCUT2D eigenvalue weighted by Crippen LogP contribution is 2.40. The van der Waals surface area contributed by atoms with Crippen LogP contribution in [0.5, 0.6) is 5.75 Å². The monoisotopic (exact) mass is 444 g/mol. The minimum Gasteiger partial charge on any atom is -0.495 e. The number of halogens is 2. The van der Waals surface area contributed by atoms with Crippen LogP contribution in [0.25, 0.3) is 6.08 Å². The van der Waals surface area contributed by atoms with E-state index in [1.807, 2.05) is 6.07 Å². The van der Waals surface area contributed by atoms with Crippen molar-refractivity contribution in [3.05, 3.63) is 32.2 Å². The van der Waals surface area contributed by atoms with Gasteiger partial charge in [-0.1, -0.05) is 15.9 Å². The Hall–Kier alpha value is -1.34. The summed E-state index contributed by atoms with van der Waals surface area (Å²) in [5.74, 6) is -1.85. The molecule has 7 heteroatoms. The summed E-state index contributed by atoms with van der Waals surface area (Å²) < 4.78 is 17.6. The lowest BCUT2D eigenvalue weighted by molar-refractivity contribution is -0.232. The standard InChI is InChI=1S/C16H14Br2O5/c1-21-13-9(6-10(17)8-12(13)18)7-11-14(19)22-16(23-15(11)20)4-2-3-5-16/h6-8H,2-5H2,1H3. The third-order valence-electron chi connectivity index (χ3n) is 3.90. The van der Waals surface area contributed by atoms with Crippen LogP contribution >= 0.6 is 31.9 Å². The zero-order valence-corrected chi connectivity index (χ0v) is 15.5. The predicted molar refractivity (Wildman–Crippen MR) is 89.8 cm³/mol. The SMILES string of the molecule is COc1c(Br)cc(Br)cc1C=C1C(=O)OC2(CCCC2)OC1=O. The number of rotatable bonds is 2. The van der Waals surface area contributed by atoms with E-state index < -0.39 is 17.7 Å². The number of hydrogen-bond acceptors (Lipinski definition) is 5. The molecule has 1 saturated heterocycles. The largest absolute Gasteiger partial charge is 0.495 e. The Balaban J connectivity index is 1.97. The summed E-state index contributed by atoms with van der Waals surface area (Å²) in [4.78, 5) is 24.6. The topological polar surface area (TPSA) is 61.8 Å². The Labute approximate surface area is 150 Å². The molecule has 3 rings (SSSR count). The molecule has 1 heterocycles. The van der Waals surface area contributed by atoms with Crippen molar-refractivity contribution in [3.8, 4) is 5.75 Å². The second-order valence-corrected chi connectivity index (χ2v) is 7.23. The van der Waals surface area contributed by atoms with Gasteiger partial charge in [-0.3, -0.25) is 0 Å². The summed E-state index contributed by atoms with van der Waals surface area (Å²) in [6.45, 7) is 0. The van der Waals surface area contributed by atoms with Crippen molar-refractivity contribution in [1.82, 2.24) is 0 Å². The Bertz CT molecular complexity index is 683. The smallest absolute Gasteiger partial charge is 0.348 e. The van der Waals surface area contributed by atoms with Crippen molar-refractivity contribution in [1.29, 1.82) is 0 Å². The lowest BCUT2D eigenvalue weighted by Gasteiger charge is -2.32. The van der Waals surface area contributed by atoms with E-state index in [0.29, 0.717) is 28.6 Å². The quantitative estimate of drug-likeness (QED) is 0.391. The Morgan fingerprint density at radius 1 is 1.13 bits per heavy atom. The van der Waals surface area contributed by atoms with E-state index in [1.165, 1.54) is 13.2 Å². The van der Waals surface area contributed by atoms with Crippen molar-refractivity contribution in [2.24, 2.45) is 0 Å². The van der Waals surface area contributed by atoms with Crippen molar-refractivity contribution >= 4 is 49.9 Å². The molecule has 2 aliphatic rings. The fourth-order valence-corrected chi connectivity index (χ4v) is 4.27. The normalized spacial score (nSPS) is 19.5. The molecule has 0 aromatic heterocycles. The summed E-state index contributed by atoms with van der Waals surface area (Å²) in [7, 11) is 1.51. The molecule has 122 valence electrons. The second-order valence-electron chi connectivity index (χ2n) is 5.46. The maximum Gasteiger partial charge on any atom is 0.348 e. The van der Waals surface area contributed by atoms with Crippen molar-refractivity contribution in [2.45, 2.75) is 31.5 Å². The molecule has 1 aliphatic carbocycles. The lowest BCUT2D eigenvalue weighted by atomic mass is 10.1. The van der Waals surface area contributed by atoms with E-state index in [-0.39, 0.29) is 5.57 Å². The highest BCUT2D eigenvalue weighted by atomic mass is 79.9. The van der Waals surface area contributed by atoms with E-state index in [2.05, 4.69) is 31.9 Å². The minimum absolute atomic E-state index is 0.133. The van der Waals surface area contributed by atoms with Gasteiger partial charge in [0.15, 0.2) is 0 Å². The van der Waals surface area contributed by atoms with Crippen LogP contribution in [0.4, 0.5) is 0 Å². The van der Waals surface area contributed by atoms with Crippen LogP contribution in [-0.4, -0.2) is 24.8 Å². The molecule has 0 radical (unpaired) electrons. The van der Waals surface area contributed by atoms with E-state index in [4.69, 9.17) is 14.2 Å². The Morgan fingerprint density at radius 3 is 2.30 bits per heavy atom. The van der Waals surface area contributed by atoms with Gasteiger partial charge in [0, 0.05) is 22.9 Å². The van der Waals surface area contributed by atoms with Gasteiger partial charge in [-0.05, 0) is 47.0 Å². The maximum absolute atomic E-state index is 12.3. The number of carbonyl (C=O) groups excluding carboxylic acids is 2. The van der Waals surface area contributed by atoms with Crippen molar-refractivity contribution in [2.75, 3.05) is 7.11 Å². The van der Waals surface area contributed by atoms with E-state index in [0.717, 1.165) is 17.3 Å². The first-order valence-corrected chi connectivity index (χ1v) is 8.74. The molecule has 1 saturated carbocycles. The number of hydrogen-bond donors (Lipinski definition) is 0. The molecule has 0 amide bonds.